The highest BCUT2D eigenvalue weighted by molar-refractivity contribution is 6.09. The molecule has 27 heavy (non-hydrogen) atoms. The minimum absolute atomic E-state index is 0.0784. The molecule has 0 bridgehead atoms. The van der Waals surface area contributed by atoms with Crippen LogP contribution in [0.4, 0.5) is 10.1 Å². The smallest absolute Gasteiger partial charge is 0.258 e. The van der Waals surface area contributed by atoms with E-state index in [0.29, 0.717) is 11.3 Å². The minimum atomic E-state index is -0.616. The predicted octanol–water partition coefficient (Wildman–Crippen LogP) is 4.57. The van der Waals surface area contributed by atoms with Crippen molar-refractivity contribution in [3.05, 3.63) is 101 Å². The molecule has 0 heterocycles. The molecule has 2 N–H and O–H groups in total. The first-order valence-electron chi connectivity index (χ1n) is 8.57. The van der Waals surface area contributed by atoms with E-state index in [1.54, 1.807) is 30.3 Å². The van der Waals surface area contributed by atoms with E-state index in [-0.39, 0.29) is 17.5 Å². The molecule has 0 aliphatic carbocycles. The second-order valence-electron chi connectivity index (χ2n) is 6.09. The third kappa shape index (κ3) is 4.39. The predicted molar refractivity (Wildman–Crippen MR) is 103 cm³/mol. The largest absolute Gasteiger partial charge is 0.345 e. The Morgan fingerprint density at radius 1 is 0.778 bits per heavy atom. The third-order valence-corrected chi connectivity index (χ3v) is 4.19. The molecule has 0 fully saturated rings. The van der Waals surface area contributed by atoms with Gasteiger partial charge in [0.2, 0.25) is 0 Å². The average Bonchev–Trinajstić information content (AvgIpc) is 2.69. The van der Waals surface area contributed by atoms with Crippen LogP contribution in [0.15, 0.2) is 78.9 Å². The number of carbonyl (C=O) groups excluding carboxylic acids is 2. The van der Waals surface area contributed by atoms with Gasteiger partial charge in [-0.1, -0.05) is 54.6 Å². The Morgan fingerprint density at radius 3 is 2.07 bits per heavy atom. The summed E-state index contributed by atoms with van der Waals surface area (Å²) in [6.07, 6.45) is 0. The van der Waals surface area contributed by atoms with Crippen molar-refractivity contribution in [2.45, 2.75) is 13.0 Å². The number of carbonyl (C=O) groups is 2. The van der Waals surface area contributed by atoms with Crippen LogP contribution in [0.3, 0.4) is 0 Å². The quantitative estimate of drug-likeness (QED) is 0.698. The van der Waals surface area contributed by atoms with E-state index >= 15 is 0 Å². The fourth-order valence-electron chi connectivity index (χ4n) is 2.72. The normalized spacial score (nSPS) is 11.5. The standard InChI is InChI=1S/C22H19FN2O2/c1-15(16-9-3-2-4-10-16)24-22(27)18-12-6-8-14-20(18)25-21(26)17-11-5-7-13-19(17)23/h2-15H,1H3,(H,24,27)(H,25,26)/t15-/m0/s1. The Hall–Kier alpha value is -3.47. The average molecular weight is 362 g/mol. The summed E-state index contributed by atoms with van der Waals surface area (Å²) in [6.45, 7) is 1.88. The topological polar surface area (TPSA) is 58.2 Å². The van der Waals surface area contributed by atoms with Crippen LogP contribution in [-0.2, 0) is 0 Å². The fraction of sp³-hybridized carbons (Fsp3) is 0.0909. The van der Waals surface area contributed by atoms with Crippen LogP contribution in [0.1, 0.15) is 39.2 Å². The van der Waals surface area contributed by atoms with Gasteiger partial charge in [0.05, 0.1) is 22.9 Å². The first-order valence-corrected chi connectivity index (χ1v) is 8.57. The van der Waals surface area contributed by atoms with Crippen LogP contribution in [-0.4, -0.2) is 11.8 Å². The van der Waals surface area contributed by atoms with Crippen molar-refractivity contribution in [1.29, 1.82) is 0 Å². The maximum Gasteiger partial charge on any atom is 0.258 e. The zero-order chi connectivity index (χ0) is 19.2. The van der Waals surface area contributed by atoms with Gasteiger partial charge in [0, 0.05) is 0 Å². The van der Waals surface area contributed by atoms with Gasteiger partial charge < -0.3 is 10.6 Å². The molecule has 0 aliphatic heterocycles. The number of rotatable bonds is 5. The van der Waals surface area contributed by atoms with Gasteiger partial charge >= 0.3 is 0 Å². The van der Waals surface area contributed by atoms with Crippen LogP contribution < -0.4 is 10.6 Å². The van der Waals surface area contributed by atoms with Gasteiger partial charge in [-0.15, -0.1) is 0 Å². The maximum absolute atomic E-state index is 13.8. The summed E-state index contributed by atoms with van der Waals surface area (Å²) in [5, 5.41) is 5.53. The van der Waals surface area contributed by atoms with Crippen molar-refractivity contribution in [1.82, 2.24) is 5.32 Å². The molecule has 136 valence electrons. The molecule has 5 heteroatoms. The lowest BCUT2D eigenvalue weighted by molar-refractivity contribution is 0.0941. The number of nitrogens with one attached hydrogen (secondary N) is 2. The molecular weight excluding hydrogens is 343 g/mol. The van der Waals surface area contributed by atoms with Crippen LogP contribution in [0.25, 0.3) is 0 Å². The molecule has 0 aromatic heterocycles. The highest BCUT2D eigenvalue weighted by atomic mass is 19.1. The number of anilines is 1. The lowest BCUT2D eigenvalue weighted by Crippen LogP contribution is -2.28. The van der Waals surface area contributed by atoms with Crippen LogP contribution in [0.5, 0.6) is 0 Å². The number of hydrogen-bond donors (Lipinski definition) is 2. The molecule has 0 saturated carbocycles. The molecule has 4 nitrogen and oxygen atoms in total. The summed E-state index contributed by atoms with van der Waals surface area (Å²) in [4.78, 5) is 25.1. The summed E-state index contributed by atoms with van der Waals surface area (Å²) < 4.78 is 13.8. The Kier molecular flexibility index (Phi) is 5.61. The Labute approximate surface area is 157 Å². The molecular formula is C22H19FN2O2. The Bertz CT molecular complexity index is 957. The van der Waals surface area contributed by atoms with Gasteiger partial charge in [-0.3, -0.25) is 9.59 Å². The van der Waals surface area contributed by atoms with Gasteiger partial charge in [0.1, 0.15) is 5.82 Å². The summed E-state index contributed by atoms with van der Waals surface area (Å²) in [6, 6.07) is 21.7. The van der Waals surface area contributed by atoms with Gasteiger partial charge in [-0.2, -0.15) is 0 Å². The van der Waals surface area contributed by atoms with E-state index in [9.17, 15) is 14.0 Å². The minimum Gasteiger partial charge on any atom is -0.345 e. The fourth-order valence-corrected chi connectivity index (χ4v) is 2.72. The van der Waals surface area contributed by atoms with Gasteiger partial charge in [-0.05, 0) is 36.8 Å². The zero-order valence-electron chi connectivity index (χ0n) is 14.8. The van der Waals surface area contributed by atoms with Crippen molar-refractivity contribution in [2.24, 2.45) is 0 Å². The second-order valence-corrected chi connectivity index (χ2v) is 6.09. The van der Waals surface area contributed by atoms with Crippen molar-refractivity contribution >= 4 is 17.5 Å². The molecule has 3 rings (SSSR count). The lowest BCUT2D eigenvalue weighted by atomic mass is 10.1. The van der Waals surface area contributed by atoms with E-state index < -0.39 is 11.7 Å². The monoisotopic (exact) mass is 362 g/mol. The summed E-state index contributed by atoms with van der Waals surface area (Å²) in [5.41, 5.74) is 1.53. The maximum atomic E-state index is 13.8. The van der Waals surface area contributed by atoms with Gasteiger partial charge in [0.25, 0.3) is 11.8 Å². The van der Waals surface area contributed by atoms with E-state index in [2.05, 4.69) is 10.6 Å². The van der Waals surface area contributed by atoms with Gasteiger partial charge in [0.15, 0.2) is 0 Å². The molecule has 2 amide bonds. The first kappa shape index (κ1) is 18.3. The molecule has 3 aromatic carbocycles. The number of hydrogen-bond acceptors (Lipinski definition) is 2. The Morgan fingerprint density at radius 2 is 1.37 bits per heavy atom. The van der Waals surface area contributed by atoms with Gasteiger partial charge in [-0.25, -0.2) is 4.39 Å². The highest BCUT2D eigenvalue weighted by Crippen LogP contribution is 2.19. The van der Waals surface area contributed by atoms with Crippen molar-refractivity contribution in [2.75, 3.05) is 5.32 Å². The molecule has 0 saturated heterocycles. The number of para-hydroxylation sites is 1. The number of benzene rings is 3. The van der Waals surface area contributed by atoms with Crippen LogP contribution in [0.2, 0.25) is 0 Å². The van der Waals surface area contributed by atoms with Crippen LogP contribution in [0, 0.1) is 5.82 Å². The molecule has 0 spiro atoms. The lowest BCUT2D eigenvalue weighted by Gasteiger charge is -2.16. The molecule has 3 aromatic rings. The third-order valence-electron chi connectivity index (χ3n) is 4.19. The van der Waals surface area contributed by atoms with E-state index in [1.165, 1.54) is 18.2 Å². The van der Waals surface area contributed by atoms with Crippen molar-refractivity contribution in [3.63, 3.8) is 0 Å². The SMILES string of the molecule is C[C@H](NC(=O)c1ccccc1NC(=O)c1ccccc1F)c1ccccc1. The second kappa shape index (κ2) is 8.27. The van der Waals surface area contributed by atoms with E-state index in [1.807, 2.05) is 37.3 Å². The van der Waals surface area contributed by atoms with E-state index in [0.717, 1.165) is 5.56 Å². The zero-order valence-corrected chi connectivity index (χ0v) is 14.8. The summed E-state index contributed by atoms with van der Waals surface area (Å²) in [5.74, 6) is -1.55. The summed E-state index contributed by atoms with van der Waals surface area (Å²) in [7, 11) is 0. The molecule has 0 radical (unpaired) electrons. The first-order chi connectivity index (χ1) is 13.1. The Balaban J connectivity index is 1.78. The van der Waals surface area contributed by atoms with Crippen molar-refractivity contribution < 1.29 is 14.0 Å². The molecule has 0 aliphatic rings. The number of halogens is 1. The molecule has 0 unspecified atom stereocenters. The van der Waals surface area contributed by atoms with E-state index in [4.69, 9.17) is 0 Å². The number of amides is 2. The van der Waals surface area contributed by atoms with Crippen molar-refractivity contribution in [3.8, 4) is 0 Å². The highest BCUT2D eigenvalue weighted by Gasteiger charge is 2.17. The van der Waals surface area contributed by atoms with Crippen LogP contribution >= 0.6 is 0 Å². The molecule has 1 atom stereocenters. The summed E-state index contributed by atoms with van der Waals surface area (Å²) >= 11 is 0.